The fourth-order valence-corrected chi connectivity index (χ4v) is 4.64. The molecule has 0 radical (unpaired) electrons. The van der Waals surface area contributed by atoms with E-state index in [1.807, 2.05) is 0 Å². The second-order valence-corrected chi connectivity index (χ2v) is 7.92. The number of aryl methyl sites for hydroxylation is 1. The van der Waals surface area contributed by atoms with Gasteiger partial charge in [0.2, 0.25) is 0 Å². The molecule has 0 amide bonds. The third-order valence-corrected chi connectivity index (χ3v) is 6.21. The first kappa shape index (κ1) is 18.7. The van der Waals surface area contributed by atoms with E-state index in [0.717, 1.165) is 32.4 Å². The van der Waals surface area contributed by atoms with E-state index in [1.165, 1.54) is 42.5 Å². The first-order valence-corrected chi connectivity index (χ1v) is 10.3. The van der Waals surface area contributed by atoms with Gasteiger partial charge in [-0.15, -0.1) is 0 Å². The quantitative estimate of drug-likeness (QED) is 0.701. The fourth-order valence-electron chi connectivity index (χ4n) is 4.64. The van der Waals surface area contributed by atoms with E-state index in [4.69, 9.17) is 9.47 Å². The predicted molar refractivity (Wildman–Crippen MR) is 109 cm³/mol. The maximum absolute atomic E-state index is 6.47. The molecule has 0 saturated carbocycles. The molecule has 144 valence electrons. The molecule has 2 aromatic rings. The summed E-state index contributed by atoms with van der Waals surface area (Å²) in [6.07, 6.45) is 6.57. The Hall–Kier alpha value is -1.68. The molecule has 2 aliphatic heterocycles. The van der Waals surface area contributed by atoms with Crippen LogP contribution in [0.15, 0.2) is 54.6 Å². The lowest BCUT2D eigenvalue weighted by molar-refractivity contribution is -0.227. The van der Waals surface area contributed by atoms with Crippen LogP contribution in [0, 0.1) is 0 Å². The molecule has 0 N–H and O–H groups in total. The lowest BCUT2D eigenvalue weighted by Crippen LogP contribution is -2.49. The van der Waals surface area contributed by atoms with E-state index in [2.05, 4.69) is 59.5 Å². The van der Waals surface area contributed by atoms with Gasteiger partial charge in [0.15, 0.2) is 6.29 Å². The highest BCUT2D eigenvalue weighted by molar-refractivity contribution is 5.35. The van der Waals surface area contributed by atoms with Crippen LogP contribution in [0.4, 0.5) is 0 Å². The van der Waals surface area contributed by atoms with Crippen molar-refractivity contribution >= 4 is 0 Å². The Kier molecular flexibility index (Phi) is 5.92. The molecule has 2 heterocycles. The average molecular weight is 366 g/mol. The molecule has 1 fully saturated rings. The molecule has 3 heteroatoms. The Morgan fingerprint density at radius 1 is 1.00 bits per heavy atom. The lowest BCUT2D eigenvalue weighted by atomic mass is 9.79. The molecule has 27 heavy (non-hydrogen) atoms. The van der Waals surface area contributed by atoms with Crippen molar-refractivity contribution in [2.24, 2.45) is 0 Å². The van der Waals surface area contributed by atoms with E-state index in [-0.39, 0.29) is 11.9 Å². The monoisotopic (exact) mass is 365 g/mol. The molecule has 1 spiro atoms. The Morgan fingerprint density at radius 2 is 1.74 bits per heavy atom. The Bertz CT molecular complexity index is 722. The second-order valence-electron chi connectivity index (χ2n) is 7.92. The summed E-state index contributed by atoms with van der Waals surface area (Å²) in [5.74, 6) is 0. The van der Waals surface area contributed by atoms with E-state index >= 15 is 0 Å². The predicted octanol–water partition coefficient (Wildman–Crippen LogP) is 4.55. The van der Waals surface area contributed by atoms with Gasteiger partial charge in [-0.2, -0.15) is 0 Å². The molecule has 1 saturated heterocycles. The number of hydrogen-bond donors (Lipinski definition) is 0. The first-order valence-electron chi connectivity index (χ1n) is 10.3. The van der Waals surface area contributed by atoms with Crippen LogP contribution in [0.2, 0.25) is 0 Å². The molecule has 2 aliphatic rings. The molecular formula is C24H31NO2. The minimum atomic E-state index is -0.157. The van der Waals surface area contributed by atoms with Crippen LogP contribution >= 0.6 is 0 Å². The molecule has 3 nitrogen and oxygen atoms in total. The van der Waals surface area contributed by atoms with E-state index in [9.17, 15) is 0 Å². The van der Waals surface area contributed by atoms with Gasteiger partial charge in [-0.1, -0.05) is 54.6 Å². The van der Waals surface area contributed by atoms with Gasteiger partial charge >= 0.3 is 0 Å². The minimum absolute atomic E-state index is 0.114. The molecule has 1 atom stereocenters. The maximum Gasteiger partial charge on any atom is 0.162 e. The molecule has 2 aromatic carbocycles. The molecule has 0 unspecified atom stereocenters. The highest BCUT2D eigenvalue weighted by atomic mass is 16.7. The summed E-state index contributed by atoms with van der Waals surface area (Å²) in [5, 5.41) is 0. The Labute approximate surface area is 163 Å². The van der Waals surface area contributed by atoms with Crippen LogP contribution in [-0.4, -0.2) is 37.9 Å². The summed E-state index contributed by atoms with van der Waals surface area (Å²) in [4.78, 5) is 2.61. The van der Waals surface area contributed by atoms with Crippen LogP contribution in [0.25, 0.3) is 0 Å². The Morgan fingerprint density at radius 3 is 2.52 bits per heavy atom. The SMILES string of the molecule is CO[C@H]1Cc2ccccc2C2(CCN(CCCCc3ccccc3)CC2)O1. The fraction of sp³-hybridized carbons (Fsp3) is 0.500. The van der Waals surface area contributed by atoms with Gasteiger partial charge in [-0.3, -0.25) is 0 Å². The standard InChI is InChI=1S/C24H31NO2/c1-26-23-19-21-12-5-6-13-22(21)24(27-23)14-17-25(18-15-24)16-8-7-11-20-9-3-2-4-10-20/h2-6,9-10,12-13,23H,7-8,11,14-19H2,1H3/t23-/m1/s1. The smallest absolute Gasteiger partial charge is 0.162 e. The number of hydrogen-bond acceptors (Lipinski definition) is 3. The highest BCUT2D eigenvalue weighted by Gasteiger charge is 2.43. The molecule has 0 aromatic heterocycles. The van der Waals surface area contributed by atoms with Crippen molar-refractivity contribution in [2.45, 2.75) is 50.4 Å². The highest BCUT2D eigenvalue weighted by Crippen LogP contribution is 2.43. The van der Waals surface area contributed by atoms with Gasteiger partial charge in [0.1, 0.15) is 0 Å². The Balaban J connectivity index is 1.30. The van der Waals surface area contributed by atoms with Crippen LogP contribution < -0.4 is 0 Å². The van der Waals surface area contributed by atoms with Crippen molar-refractivity contribution < 1.29 is 9.47 Å². The van der Waals surface area contributed by atoms with E-state index < -0.39 is 0 Å². The number of unbranched alkanes of at least 4 members (excludes halogenated alkanes) is 1. The van der Waals surface area contributed by atoms with E-state index in [1.54, 1.807) is 7.11 Å². The van der Waals surface area contributed by atoms with Gasteiger partial charge in [-0.05, 0) is 55.3 Å². The van der Waals surface area contributed by atoms with Crippen LogP contribution in [0.5, 0.6) is 0 Å². The van der Waals surface area contributed by atoms with Gasteiger partial charge in [0.25, 0.3) is 0 Å². The van der Waals surface area contributed by atoms with Crippen molar-refractivity contribution in [3.8, 4) is 0 Å². The number of rotatable bonds is 6. The number of piperidine rings is 1. The van der Waals surface area contributed by atoms with Gasteiger partial charge in [0.05, 0.1) is 5.60 Å². The number of methoxy groups -OCH3 is 1. The van der Waals surface area contributed by atoms with E-state index in [0.29, 0.717) is 0 Å². The summed E-state index contributed by atoms with van der Waals surface area (Å²) in [7, 11) is 1.76. The third-order valence-electron chi connectivity index (χ3n) is 6.21. The van der Waals surface area contributed by atoms with Crippen LogP contribution in [-0.2, 0) is 27.9 Å². The molecule has 4 rings (SSSR count). The number of ether oxygens (including phenoxy) is 2. The van der Waals surface area contributed by atoms with Crippen molar-refractivity contribution in [1.82, 2.24) is 4.90 Å². The lowest BCUT2D eigenvalue weighted by Gasteiger charge is -2.47. The number of fused-ring (bicyclic) bond motifs is 2. The third kappa shape index (κ3) is 4.26. The zero-order valence-corrected chi connectivity index (χ0v) is 16.4. The van der Waals surface area contributed by atoms with Crippen LogP contribution in [0.3, 0.4) is 0 Å². The van der Waals surface area contributed by atoms with Gasteiger partial charge in [0, 0.05) is 26.6 Å². The zero-order chi connectivity index (χ0) is 18.5. The summed E-state index contributed by atoms with van der Waals surface area (Å²) in [5.41, 5.74) is 4.08. The number of nitrogens with zero attached hydrogens (tertiary/aromatic N) is 1. The van der Waals surface area contributed by atoms with Crippen LogP contribution in [0.1, 0.15) is 42.4 Å². The number of benzene rings is 2. The maximum atomic E-state index is 6.47. The summed E-state index contributed by atoms with van der Waals surface area (Å²) >= 11 is 0. The van der Waals surface area contributed by atoms with Gasteiger partial charge in [-0.25, -0.2) is 0 Å². The first-order chi connectivity index (χ1) is 13.3. The van der Waals surface area contributed by atoms with Crippen molar-refractivity contribution in [3.05, 3.63) is 71.3 Å². The largest absolute Gasteiger partial charge is 0.356 e. The van der Waals surface area contributed by atoms with Crippen molar-refractivity contribution in [2.75, 3.05) is 26.7 Å². The summed E-state index contributed by atoms with van der Waals surface area (Å²) < 4.78 is 12.1. The minimum Gasteiger partial charge on any atom is -0.356 e. The molecule has 0 bridgehead atoms. The van der Waals surface area contributed by atoms with Gasteiger partial charge < -0.3 is 14.4 Å². The number of likely N-dealkylation sites (tertiary alicyclic amines) is 1. The average Bonchev–Trinajstić information content (AvgIpc) is 2.73. The van der Waals surface area contributed by atoms with Crippen molar-refractivity contribution in [3.63, 3.8) is 0 Å². The second kappa shape index (κ2) is 8.55. The normalized spacial score (nSPS) is 21.9. The van der Waals surface area contributed by atoms with Crippen molar-refractivity contribution in [1.29, 1.82) is 0 Å². The molecule has 0 aliphatic carbocycles. The summed E-state index contributed by atoms with van der Waals surface area (Å²) in [6.45, 7) is 3.41. The zero-order valence-electron chi connectivity index (χ0n) is 16.4. The molecular weight excluding hydrogens is 334 g/mol. The summed E-state index contributed by atoms with van der Waals surface area (Å²) in [6, 6.07) is 19.6. The topological polar surface area (TPSA) is 21.7 Å².